The molecule has 0 saturated heterocycles. The monoisotopic (exact) mass is 187 g/mol. The van der Waals surface area contributed by atoms with Crippen LogP contribution in [0.4, 0.5) is 4.39 Å². The molecule has 0 spiro atoms. The van der Waals surface area contributed by atoms with E-state index >= 15 is 0 Å². The van der Waals surface area contributed by atoms with Gasteiger partial charge in [-0.1, -0.05) is 30.3 Å². The molecule has 0 bridgehead atoms. The largest absolute Gasteiger partial charge is 0.325 e. The lowest BCUT2D eigenvalue weighted by molar-refractivity contribution is 0.306. The van der Waals surface area contributed by atoms with Crippen molar-refractivity contribution in [3.05, 3.63) is 35.9 Å². The molecule has 12 heavy (non-hydrogen) atoms. The van der Waals surface area contributed by atoms with Crippen molar-refractivity contribution in [2.45, 2.75) is 18.1 Å². The molecule has 0 amide bonds. The molecule has 3 heteroatoms. The van der Waals surface area contributed by atoms with Crippen molar-refractivity contribution >= 4 is 12.4 Å². The zero-order chi connectivity index (χ0) is 7.90. The predicted molar refractivity (Wildman–Crippen MR) is 49.1 cm³/mol. The van der Waals surface area contributed by atoms with Crippen molar-refractivity contribution in [1.82, 2.24) is 0 Å². The number of benzene rings is 1. The van der Waals surface area contributed by atoms with Gasteiger partial charge in [0.15, 0.2) is 5.67 Å². The predicted octanol–water partition coefficient (Wildman–Crippen LogP) is 2.00. The van der Waals surface area contributed by atoms with Gasteiger partial charge in [0.1, 0.15) is 0 Å². The fraction of sp³-hybridized carbons (Fsp3) is 0.333. The van der Waals surface area contributed by atoms with Gasteiger partial charge in [-0.25, -0.2) is 4.39 Å². The molecule has 0 heterocycles. The summed E-state index contributed by atoms with van der Waals surface area (Å²) in [6.07, 6.45) is 0.469. The van der Waals surface area contributed by atoms with E-state index in [9.17, 15) is 4.39 Å². The molecule has 0 aliphatic heterocycles. The van der Waals surface area contributed by atoms with Gasteiger partial charge in [-0.3, -0.25) is 0 Å². The third kappa shape index (κ3) is 1.32. The van der Waals surface area contributed by atoms with Crippen molar-refractivity contribution in [1.29, 1.82) is 0 Å². The number of nitrogens with two attached hydrogens (primary N) is 1. The molecule has 1 aromatic carbocycles. The van der Waals surface area contributed by atoms with Gasteiger partial charge >= 0.3 is 0 Å². The number of hydrogen-bond acceptors (Lipinski definition) is 1. The van der Waals surface area contributed by atoms with Crippen molar-refractivity contribution in [2.75, 3.05) is 0 Å². The summed E-state index contributed by atoms with van der Waals surface area (Å²) in [4.78, 5) is 0. The zero-order valence-electron chi connectivity index (χ0n) is 6.53. The van der Waals surface area contributed by atoms with E-state index in [4.69, 9.17) is 5.73 Å². The Morgan fingerprint density at radius 2 is 1.83 bits per heavy atom. The summed E-state index contributed by atoms with van der Waals surface area (Å²) in [5, 5.41) is 0. The van der Waals surface area contributed by atoms with Crippen LogP contribution >= 0.6 is 12.4 Å². The van der Waals surface area contributed by atoms with E-state index in [0.29, 0.717) is 12.0 Å². The summed E-state index contributed by atoms with van der Waals surface area (Å²) < 4.78 is 13.5. The Labute approximate surface area is 77.2 Å². The van der Waals surface area contributed by atoms with Crippen molar-refractivity contribution < 1.29 is 4.39 Å². The van der Waals surface area contributed by atoms with Crippen molar-refractivity contribution in [2.24, 2.45) is 5.73 Å². The first-order chi connectivity index (χ1) is 5.23. The molecule has 2 N–H and O–H groups in total. The second-order valence-corrected chi connectivity index (χ2v) is 3.04. The van der Waals surface area contributed by atoms with Crippen LogP contribution in [0.5, 0.6) is 0 Å². The Kier molecular flexibility index (Phi) is 2.40. The molecule has 1 nitrogen and oxygen atoms in total. The summed E-state index contributed by atoms with van der Waals surface area (Å²) in [5.74, 6) is 0. The molecule has 0 aromatic heterocycles. The smallest absolute Gasteiger partial charge is 0.152 e. The molecule has 0 radical (unpaired) electrons. The van der Waals surface area contributed by atoms with Crippen LogP contribution in [0, 0.1) is 0 Å². The van der Waals surface area contributed by atoms with Crippen LogP contribution in [-0.4, -0.2) is 6.04 Å². The van der Waals surface area contributed by atoms with Gasteiger partial charge in [-0.05, 0) is 5.56 Å². The summed E-state index contributed by atoms with van der Waals surface area (Å²) in [7, 11) is 0. The Morgan fingerprint density at radius 3 is 2.25 bits per heavy atom. The van der Waals surface area contributed by atoms with Crippen LogP contribution < -0.4 is 5.73 Å². The van der Waals surface area contributed by atoms with E-state index in [-0.39, 0.29) is 18.4 Å². The molecule has 2 rings (SSSR count). The normalized spacial score (nSPS) is 32.3. The van der Waals surface area contributed by atoms with E-state index in [0.717, 1.165) is 0 Å². The van der Waals surface area contributed by atoms with Crippen LogP contribution in [0.1, 0.15) is 12.0 Å². The van der Waals surface area contributed by atoms with Gasteiger partial charge < -0.3 is 5.73 Å². The van der Waals surface area contributed by atoms with E-state index in [1.54, 1.807) is 12.1 Å². The zero-order valence-corrected chi connectivity index (χ0v) is 7.35. The molecule has 1 fully saturated rings. The quantitative estimate of drug-likeness (QED) is 0.715. The van der Waals surface area contributed by atoms with Gasteiger partial charge in [0.25, 0.3) is 0 Å². The van der Waals surface area contributed by atoms with Gasteiger partial charge in [0, 0.05) is 12.5 Å². The average Bonchev–Trinajstić information content (AvgIpc) is 2.64. The van der Waals surface area contributed by atoms with Gasteiger partial charge in [-0.2, -0.15) is 0 Å². The van der Waals surface area contributed by atoms with Gasteiger partial charge in [0.2, 0.25) is 0 Å². The highest BCUT2D eigenvalue weighted by atomic mass is 35.5. The fourth-order valence-corrected chi connectivity index (χ4v) is 1.31. The van der Waals surface area contributed by atoms with Gasteiger partial charge in [-0.15, -0.1) is 12.4 Å². The lowest BCUT2D eigenvalue weighted by Crippen LogP contribution is -2.12. The molecule has 2 atom stereocenters. The number of halogens is 2. The first-order valence-electron chi connectivity index (χ1n) is 3.73. The Hall–Kier alpha value is -0.600. The van der Waals surface area contributed by atoms with Crippen molar-refractivity contribution in [3.8, 4) is 0 Å². The second kappa shape index (κ2) is 3.04. The molecule has 1 aromatic rings. The summed E-state index contributed by atoms with van der Waals surface area (Å²) in [6.45, 7) is 0. The maximum absolute atomic E-state index is 13.5. The topological polar surface area (TPSA) is 26.0 Å². The minimum atomic E-state index is -1.22. The maximum atomic E-state index is 13.5. The van der Waals surface area contributed by atoms with Crippen LogP contribution in [0.25, 0.3) is 0 Å². The van der Waals surface area contributed by atoms with Crippen LogP contribution in [0.2, 0.25) is 0 Å². The molecular formula is C9H11ClFN. The molecule has 1 aliphatic rings. The first kappa shape index (κ1) is 9.49. The van der Waals surface area contributed by atoms with Crippen molar-refractivity contribution in [3.63, 3.8) is 0 Å². The molecule has 66 valence electrons. The summed E-state index contributed by atoms with van der Waals surface area (Å²) in [5.41, 5.74) is 4.95. The Bertz CT molecular complexity index is 264. The second-order valence-electron chi connectivity index (χ2n) is 3.04. The molecule has 1 saturated carbocycles. The molecule has 1 aliphatic carbocycles. The third-order valence-electron chi connectivity index (χ3n) is 2.20. The van der Waals surface area contributed by atoms with E-state index in [2.05, 4.69) is 0 Å². The highest BCUT2D eigenvalue weighted by Crippen LogP contribution is 2.48. The lowest BCUT2D eigenvalue weighted by atomic mass is 10.1. The van der Waals surface area contributed by atoms with E-state index in [1.165, 1.54) is 0 Å². The molecule has 0 unspecified atom stereocenters. The minimum absolute atomic E-state index is 0. The first-order valence-corrected chi connectivity index (χ1v) is 3.73. The SMILES string of the molecule is Cl.N[C@@H]1C[C@]1(F)c1ccccc1. The standard InChI is InChI=1S/C9H10FN.ClH/c10-9(6-8(9)11)7-4-2-1-3-5-7;/h1-5,8H,6,11H2;1H/t8-,9+;/m1./s1. The van der Waals surface area contributed by atoms with E-state index in [1.807, 2.05) is 18.2 Å². The Balaban J connectivity index is 0.000000720. The average molecular weight is 188 g/mol. The van der Waals surface area contributed by atoms with Crippen LogP contribution in [0.3, 0.4) is 0 Å². The summed E-state index contributed by atoms with van der Waals surface area (Å²) in [6, 6.07) is 8.83. The lowest BCUT2D eigenvalue weighted by Gasteiger charge is -2.04. The minimum Gasteiger partial charge on any atom is -0.325 e. The number of hydrogen-bond donors (Lipinski definition) is 1. The maximum Gasteiger partial charge on any atom is 0.152 e. The number of rotatable bonds is 1. The highest BCUT2D eigenvalue weighted by molar-refractivity contribution is 5.85. The fourth-order valence-electron chi connectivity index (χ4n) is 1.31. The molecular weight excluding hydrogens is 177 g/mol. The highest BCUT2D eigenvalue weighted by Gasteiger charge is 2.54. The number of alkyl halides is 1. The van der Waals surface area contributed by atoms with Crippen LogP contribution in [-0.2, 0) is 5.67 Å². The van der Waals surface area contributed by atoms with Crippen LogP contribution in [0.15, 0.2) is 30.3 Å². The summed E-state index contributed by atoms with van der Waals surface area (Å²) >= 11 is 0. The van der Waals surface area contributed by atoms with Gasteiger partial charge in [0.05, 0.1) is 0 Å². The third-order valence-corrected chi connectivity index (χ3v) is 2.20. The van der Waals surface area contributed by atoms with E-state index < -0.39 is 5.67 Å². The Morgan fingerprint density at radius 1 is 1.33 bits per heavy atom.